The lowest BCUT2D eigenvalue weighted by Gasteiger charge is -1.99. The number of carbonyl (C=O) groups excluding carboxylic acids is 2. The number of rotatable bonds is 3. The molecule has 0 aromatic heterocycles. The fourth-order valence-electron chi connectivity index (χ4n) is 1.00. The van der Waals surface area contributed by atoms with Crippen molar-refractivity contribution in [3.8, 4) is 0 Å². The molecule has 68 valence electrons. The molecule has 1 rings (SSSR count). The highest BCUT2D eigenvalue weighted by Crippen LogP contribution is 2.06. The smallest absolute Gasteiger partial charge is 0.188 e. The van der Waals surface area contributed by atoms with Gasteiger partial charge in [-0.2, -0.15) is 0 Å². The Kier molecular flexibility index (Phi) is 2.93. The monoisotopic (exact) mass is 178 g/mol. The zero-order chi connectivity index (χ0) is 9.84. The van der Waals surface area contributed by atoms with Gasteiger partial charge in [-0.05, 0) is 13.0 Å². The molecule has 1 aromatic carbocycles. The SMILES string of the molecule is CC(=O)c1cccc(C(=O)CO)c1. The molecule has 0 spiro atoms. The van der Waals surface area contributed by atoms with Gasteiger partial charge >= 0.3 is 0 Å². The highest BCUT2D eigenvalue weighted by atomic mass is 16.3. The second-order valence-electron chi connectivity index (χ2n) is 2.72. The summed E-state index contributed by atoms with van der Waals surface area (Å²) in [6, 6.07) is 6.32. The van der Waals surface area contributed by atoms with E-state index in [0.717, 1.165) is 0 Å². The van der Waals surface area contributed by atoms with Crippen LogP contribution >= 0.6 is 0 Å². The van der Waals surface area contributed by atoms with Crippen LogP contribution in [0, 0.1) is 0 Å². The molecule has 0 bridgehead atoms. The maximum Gasteiger partial charge on any atom is 0.188 e. The molecule has 0 unspecified atom stereocenters. The van der Waals surface area contributed by atoms with E-state index in [9.17, 15) is 9.59 Å². The number of hydrogen-bond donors (Lipinski definition) is 1. The number of aliphatic hydroxyl groups excluding tert-OH is 1. The molecular formula is C10H10O3. The van der Waals surface area contributed by atoms with E-state index in [-0.39, 0.29) is 11.6 Å². The Morgan fingerprint density at radius 2 is 1.92 bits per heavy atom. The molecule has 0 aliphatic heterocycles. The lowest BCUT2D eigenvalue weighted by Crippen LogP contribution is -2.05. The molecule has 0 aliphatic carbocycles. The van der Waals surface area contributed by atoms with E-state index in [4.69, 9.17) is 5.11 Å². The third kappa shape index (κ3) is 2.23. The number of hydrogen-bond acceptors (Lipinski definition) is 3. The maximum atomic E-state index is 11.0. The van der Waals surface area contributed by atoms with Crippen molar-refractivity contribution < 1.29 is 14.7 Å². The van der Waals surface area contributed by atoms with Crippen molar-refractivity contribution in [1.82, 2.24) is 0 Å². The van der Waals surface area contributed by atoms with Gasteiger partial charge in [-0.25, -0.2) is 0 Å². The molecule has 0 heterocycles. The first-order valence-corrected chi connectivity index (χ1v) is 3.90. The Morgan fingerprint density at radius 3 is 2.46 bits per heavy atom. The normalized spacial score (nSPS) is 9.69. The number of carbonyl (C=O) groups is 2. The Labute approximate surface area is 76.0 Å². The Hall–Kier alpha value is -1.48. The highest BCUT2D eigenvalue weighted by molar-refractivity contribution is 6.00. The predicted octanol–water partition coefficient (Wildman–Crippen LogP) is 1.06. The molecular weight excluding hydrogens is 168 g/mol. The van der Waals surface area contributed by atoms with Crippen LogP contribution in [-0.2, 0) is 0 Å². The van der Waals surface area contributed by atoms with Crippen LogP contribution in [0.2, 0.25) is 0 Å². The van der Waals surface area contributed by atoms with Gasteiger partial charge in [-0.3, -0.25) is 9.59 Å². The van der Waals surface area contributed by atoms with Crippen LogP contribution < -0.4 is 0 Å². The summed E-state index contributed by atoms with van der Waals surface area (Å²) in [5, 5.41) is 8.58. The maximum absolute atomic E-state index is 11.0. The number of benzene rings is 1. The zero-order valence-corrected chi connectivity index (χ0v) is 7.28. The van der Waals surface area contributed by atoms with Crippen LogP contribution in [0.25, 0.3) is 0 Å². The van der Waals surface area contributed by atoms with E-state index < -0.39 is 6.61 Å². The summed E-state index contributed by atoms with van der Waals surface area (Å²) < 4.78 is 0. The van der Waals surface area contributed by atoms with Gasteiger partial charge in [-0.1, -0.05) is 18.2 Å². The van der Waals surface area contributed by atoms with Crippen LogP contribution in [0.1, 0.15) is 27.6 Å². The van der Waals surface area contributed by atoms with E-state index in [1.165, 1.54) is 13.0 Å². The fourth-order valence-corrected chi connectivity index (χ4v) is 1.00. The molecule has 0 saturated carbocycles. The standard InChI is InChI=1S/C10H10O3/c1-7(12)8-3-2-4-9(5-8)10(13)6-11/h2-5,11H,6H2,1H3. The second-order valence-corrected chi connectivity index (χ2v) is 2.72. The van der Waals surface area contributed by atoms with Gasteiger partial charge in [-0.15, -0.1) is 0 Å². The lowest BCUT2D eigenvalue weighted by atomic mass is 10.1. The molecule has 0 aliphatic rings. The minimum atomic E-state index is -0.526. The minimum Gasteiger partial charge on any atom is -0.388 e. The number of aliphatic hydroxyl groups is 1. The Morgan fingerprint density at radius 1 is 1.31 bits per heavy atom. The van der Waals surface area contributed by atoms with Gasteiger partial charge in [0.2, 0.25) is 0 Å². The lowest BCUT2D eigenvalue weighted by molar-refractivity contribution is 0.0903. The number of Topliss-reactive ketones (excluding diaryl/α,β-unsaturated/α-hetero) is 2. The molecule has 13 heavy (non-hydrogen) atoms. The first-order chi connectivity index (χ1) is 6.15. The number of ketones is 2. The van der Waals surface area contributed by atoms with Crippen molar-refractivity contribution in [2.24, 2.45) is 0 Å². The van der Waals surface area contributed by atoms with E-state index >= 15 is 0 Å². The van der Waals surface area contributed by atoms with Gasteiger partial charge in [0.1, 0.15) is 6.61 Å². The van der Waals surface area contributed by atoms with E-state index in [1.54, 1.807) is 18.2 Å². The zero-order valence-electron chi connectivity index (χ0n) is 7.28. The minimum absolute atomic E-state index is 0.0902. The second kappa shape index (κ2) is 3.96. The largest absolute Gasteiger partial charge is 0.388 e. The summed E-state index contributed by atoms with van der Waals surface area (Å²) in [6.45, 7) is 0.907. The average Bonchev–Trinajstić information content (AvgIpc) is 2.17. The van der Waals surface area contributed by atoms with Crippen molar-refractivity contribution in [2.45, 2.75) is 6.92 Å². The molecule has 3 heteroatoms. The van der Waals surface area contributed by atoms with Gasteiger partial charge < -0.3 is 5.11 Å². The van der Waals surface area contributed by atoms with Crippen molar-refractivity contribution in [1.29, 1.82) is 0 Å². The summed E-state index contributed by atoms with van der Waals surface area (Å²) in [5.74, 6) is -0.462. The quantitative estimate of drug-likeness (QED) is 0.704. The third-order valence-electron chi connectivity index (χ3n) is 1.73. The first kappa shape index (κ1) is 9.61. The van der Waals surface area contributed by atoms with Crippen LogP contribution in [0.4, 0.5) is 0 Å². The summed E-state index contributed by atoms with van der Waals surface area (Å²) in [5.41, 5.74) is 0.856. The van der Waals surface area contributed by atoms with Crippen molar-refractivity contribution >= 4 is 11.6 Å². The molecule has 0 fully saturated rings. The molecule has 3 nitrogen and oxygen atoms in total. The van der Waals surface area contributed by atoms with Crippen LogP contribution in [0.3, 0.4) is 0 Å². The Bertz CT molecular complexity index is 342. The van der Waals surface area contributed by atoms with E-state index in [0.29, 0.717) is 11.1 Å². The summed E-state index contributed by atoms with van der Waals surface area (Å²) in [6.07, 6.45) is 0. The predicted molar refractivity (Wildman–Crippen MR) is 47.9 cm³/mol. The highest BCUT2D eigenvalue weighted by Gasteiger charge is 2.05. The summed E-state index contributed by atoms with van der Waals surface area (Å²) in [4.78, 5) is 22.0. The van der Waals surface area contributed by atoms with E-state index in [2.05, 4.69) is 0 Å². The fraction of sp³-hybridized carbons (Fsp3) is 0.200. The third-order valence-corrected chi connectivity index (χ3v) is 1.73. The molecule has 1 aromatic rings. The van der Waals surface area contributed by atoms with Gasteiger partial charge in [0.05, 0.1) is 0 Å². The van der Waals surface area contributed by atoms with Crippen LogP contribution in [-0.4, -0.2) is 23.3 Å². The van der Waals surface area contributed by atoms with Crippen molar-refractivity contribution in [3.05, 3.63) is 35.4 Å². The average molecular weight is 178 g/mol. The Balaban J connectivity index is 3.05. The van der Waals surface area contributed by atoms with Gasteiger partial charge in [0.25, 0.3) is 0 Å². The molecule has 1 N–H and O–H groups in total. The topological polar surface area (TPSA) is 54.4 Å². The van der Waals surface area contributed by atoms with Crippen molar-refractivity contribution in [3.63, 3.8) is 0 Å². The van der Waals surface area contributed by atoms with Gasteiger partial charge in [0.15, 0.2) is 11.6 Å². The van der Waals surface area contributed by atoms with Gasteiger partial charge in [0, 0.05) is 11.1 Å². The summed E-state index contributed by atoms with van der Waals surface area (Å²) >= 11 is 0. The van der Waals surface area contributed by atoms with Crippen LogP contribution in [0.15, 0.2) is 24.3 Å². The first-order valence-electron chi connectivity index (χ1n) is 3.90. The van der Waals surface area contributed by atoms with Crippen molar-refractivity contribution in [2.75, 3.05) is 6.61 Å². The van der Waals surface area contributed by atoms with Crippen LogP contribution in [0.5, 0.6) is 0 Å². The molecule has 0 amide bonds. The molecule has 0 radical (unpaired) electrons. The molecule has 0 saturated heterocycles. The molecule has 0 atom stereocenters. The summed E-state index contributed by atoms with van der Waals surface area (Å²) in [7, 11) is 0. The van der Waals surface area contributed by atoms with E-state index in [1.807, 2.05) is 0 Å².